The van der Waals surface area contributed by atoms with Crippen LogP contribution in [-0.4, -0.2) is 71.8 Å². The van der Waals surface area contributed by atoms with Crippen LogP contribution in [0.3, 0.4) is 0 Å². The van der Waals surface area contributed by atoms with Gasteiger partial charge in [-0.3, -0.25) is 9.59 Å². The molecule has 0 saturated carbocycles. The van der Waals surface area contributed by atoms with Gasteiger partial charge in [0.25, 0.3) is 5.56 Å². The lowest BCUT2D eigenvalue weighted by Gasteiger charge is -2.32. The Morgan fingerprint density at radius 2 is 1.95 bits per heavy atom. The van der Waals surface area contributed by atoms with E-state index in [9.17, 15) is 9.59 Å². The van der Waals surface area contributed by atoms with E-state index in [1.54, 1.807) is 50.0 Å². The van der Waals surface area contributed by atoms with Crippen LogP contribution in [0.1, 0.15) is 26.7 Å². The Kier molecular flexibility index (Phi) is 8.13. The van der Waals surface area contributed by atoms with Gasteiger partial charge in [0.15, 0.2) is 5.82 Å². The highest BCUT2D eigenvalue weighted by molar-refractivity contribution is 6.32. The first-order valence-corrected chi connectivity index (χ1v) is 13.0. The first-order valence-electron chi connectivity index (χ1n) is 12.7. The van der Waals surface area contributed by atoms with Crippen molar-refractivity contribution in [3.63, 3.8) is 0 Å². The molecule has 0 spiro atoms. The molecule has 4 rings (SSSR count). The number of benzene rings is 1. The zero-order valence-electron chi connectivity index (χ0n) is 22.8. The molecule has 10 nitrogen and oxygen atoms in total. The molecule has 1 aliphatic heterocycles. The molecule has 0 bridgehead atoms. The normalized spacial score (nSPS) is 14.6. The highest BCUT2D eigenvalue weighted by Crippen LogP contribution is 2.31. The number of piperidine rings is 1. The number of carbonyl (C=O) groups is 1. The van der Waals surface area contributed by atoms with Crippen LogP contribution in [-0.2, 0) is 16.6 Å². The first kappa shape index (κ1) is 27.7. The predicted molar refractivity (Wildman–Crippen MR) is 153 cm³/mol. The van der Waals surface area contributed by atoms with E-state index in [4.69, 9.17) is 21.3 Å². The Hall–Kier alpha value is -3.37. The lowest BCUT2D eigenvalue weighted by atomic mass is 9.96. The average Bonchev–Trinajstić information content (AvgIpc) is 2.88. The van der Waals surface area contributed by atoms with Gasteiger partial charge in [-0.15, -0.1) is 0 Å². The highest BCUT2D eigenvalue weighted by atomic mass is 35.5. The number of methoxy groups -OCH3 is 1. The van der Waals surface area contributed by atoms with E-state index in [0.717, 1.165) is 35.1 Å². The van der Waals surface area contributed by atoms with Gasteiger partial charge in [-0.1, -0.05) is 11.6 Å². The van der Waals surface area contributed by atoms with Crippen molar-refractivity contribution in [2.45, 2.75) is 32.2 Å². The summed E-state index contributed by atoms with van der Waals surface area (Å²) >= 11 is 6.47. The highest BCUT2D eigenvalue weighted by Gasteiger charge is 2.27. The summed E-state index contributed by atoms with van der Waals surface area (Å²) in [5.41, 5.74) is 1.80. The zero-order chi connectivity index (χ0) is 27.6. The molecular formula is C27H36ClN7O3. The molecule has 2 aromatic heterocycles. The molecule has 1 aliphatic rings. The van der Waals surface area contributed by atoms with E-state index in [-0.39, 0.29) is 22.9 Å². The Labute approximate surface area is 228 Å². The molecule has 0 radical (unpaired) electrons. The smallest absolute Gasteiger partial charge is 0.252 e. The van der Waals surface area contributed by atoms with Crippen LogP contribution in [0.25, 0.3) is 10.9 Å². The van der Waals surface area contributed by atoms with Gasteiger partial charge in [-0.2, -0.15) is 4.98 Å². The Balaban J connectivity index is 1.60. The van der Waals surface area contributed by atoms with Gasteiger partial charge >= 0.3 is 0 Å². The van der Waals surface area contributed by atoms with E-state index in [1.807, 2.05) is 32.0 Å². The third kappa shape index (κ3) is 6.02. The molecule has 1 saturated heterocycles. The van der Waals surface area contributed by atoms with Crippen molar-refractivity contribution in [1.29, 1.82) is 0 Å². The third-order valence-electron chi connectivity index (χ3n) is 6.79. The standard InChI is InChI=1S/C27H36ClN7O3/c1-27(2,16-38-6)32-21-14-23(36)34(5)22-8-7-18(13-19(21)22)30-24-20(28)15-29-26(31-24)35-11-9-17(10-12-35)25(37)33(3)4/h7-8,13-15,17,32H,9-12,16H2,1-6H3,(H,29,30,31). The number of rotatable bonds is 8. The van der Waals surface area contributed by atoms with Crippen molar-refractivity contribution in [2.24, 2.45) is 13.0 Å². The van der Waals surface area contributed by atoms with Crippen molar-refractivity contribution in [2.75, 3.05) is 56.4 Å². The summed E-state index contributed by atoms with van der Waals surface area (Å²) in [6.07, 6.45) is 3.10. The molecule has 1 aromatic carbocycles. The summed E-state index contributed by atoms with van der Waals surface area (Å²) in [6.45, 7) is 5.90. The van der Waals surface area contributed by atoms with Crippen LogP contribution in [0.15, 0.2) is 35.3 Å². The lowest BCUT2D eigenvalue weighted by Crippen LogP contribution is -2.40. The maximum absolute atomic E-state index is 12.6. The number of carbonyl (C=O) groups excluding carboxylic acids is 1. The Bertz CT molecular complexity index is 1380. The number of hydrogen-bond donors (Lipinski definition) is 2. The van der Waals surface area contributed by atoms with E-state index in [2.05, 4.69) is 20.5 Å². The first-order chi connectivity index (χ1) is 18.0. The molecule has 3 aromatic rings. The number of nitrogens with zero attached hydrogens (tertiary/aromatic N) is 5. The topological polar surface area (TPSA) is 105 Å². The summed E-state index contributed by atoms with van der Waals surface area (Å²) in [6, 6.07) is 7.36. The van der Waals surface area contributed by atoms with Gasteiger partial charge in [-0.25, -0.2) is 4.98 Å². The van der Waals surface area contributed by atoms with Crippen molar-refractivity contribution in [3.05, 3.63) is 45.8 Å². The molecule has 0 aliphatic carbocycles. The van der Waals surface area contributed by atoms with Crippen LogP contribution >= 0.6 is 11.6 Å². The number of aryl methyl sites for hydroxylation is 1. The Morgan fingerprint density at radius 1 is 1.24 bits per heavy atom. The van der Waals surface area contributed by atoms with Gasteiger partial charge in [0.1, 0.15) is 5.02 Å². The monoisotopic (exact) mass is 541 g/mol. The van der Waals surface area contributed by atoms with E-state index < -0.39 is 0 Å². The van der Waals surface area contributed by atoms with Gasteiger partial charge in [0.2, 0.25) is 11.9 Å². The van der Waals surface area contributed by atoms with Crippen molar-refractivity contribution < 1.29 is 9.53 Å². The van der Waals surface area contributed by atoms with Crippen LogP contribution in [0, 0.1) is 5.92 Å². The van der Waals surface area contributed by atoms with E-state index >= 15 is 0 Å². The largest absolute Gasteiger partial charge is 0.382 e. The number of halogens is 1. The van der Waals surface area contributed by atoms with Crippen LogP contribution < -0.4 is 21.1 Å². The molecule has 3 heterocycles. The number of aromatic nitrogens is 3. The van der Waals surface area contributed by atoms with Crippen molar-refractivity contribution in [1.82, 2.24) is 19.4 Å². The van der Waals surface area contributed by atoms with Crippen molar-refractivity contribution >= 4 is 51.6 Å². The maximum Gasteiger partial charge on any atom is 0.252 e. The van der Waals surface area contributed by atoms with Crippen LogP contribution in [0.4, 0.5) is 23.1 Å². The fourth-order valence-corrected chi connectivity index (χ4v) is 4.97. The summed E-state index contributed by atoms with van der Waals surface area (Å²) in [7, 11) is 6.99. The summed E-state index contributed by atoms with van der Waals surface area (Å²) in [5, 5.41) is 8.05. The number of pyridine rings is 1. The molecule has 2 N–H and O–H groups in total. The summed E-state index contributed by atoms with van der Waals surface area (Å²) in [5.74, 6) is 1.25. The Morgan fingerprint density at radius 3 is 2.61 bits per heavy atom. The molecule has 38 heavy (non-hydrogen) atoms. The molecule has 0 unspecified atom stereocenters. The minimum Gasteiger partial charge on any atom is -0.382 e. The molecular weight excluding hydrogens is 506 g/mol. The number of anilines is 4. The van der Waals surface area contributed by atoms with Crippen LogP contribution in [0.5, 0.6) is 0 Å². The molecule has 0 atom stereocenters. The van der Waals surface area contributed by atoms with Gasteiger partial charge < -0.3 is 29.7 Å². The number of amides is 1. The second-order valence-corrected chi connectivity index (χ2v) is 11.0. The molecule has 204 valence electrons. The number of ether oxygens (including phenoxy) is 1. The minimum atomic E-state index is -0.382. The number of hydrogen-bond acceptors (Lipinski definition) is 8. The van der Waals surface area contributed by atoms with E-state index in [0.29, 0.717) is 36.5 Å². The number of fused-ring (bicyclic) bond motifs is 1. The van der Waals surface area contributed by atoms with Crippen molar-refractivity contribution in [3.8, 4) is 0 Å². The van der Waals surface area contributed by atoms with E-state index in [1.165, 1.54) is 0 Å². The average molecular weight is 542 g/mol. The quantitative estimate of drug-likeness (QED) is 0.443. The van der Waals surface area contributed by atoms with Gasteiger partial charge in [-0.05, 0) is 44.9 Å². The fraction of sp³-hybridized carbons (Fsp3) is 0.481. The fourth-order valence-electron chi connectivity index (χ4n) is 4.83. The molecule has 1 amide bonds. The predicted octanol–water partition coefficient (Wildman–Crippen LogP) is 3.87. The van der Waals surface area contributed by atoms with Crippen LogP contribution in [0.2, 0.25) is 5.02 Å². The SMILES string of the molecule is COCC(C)(C)Nc1cc(=O)n(C)c2ccc(Nc3nc(N4CCC(C(=O)N(C)C)CC4)ncc3Cl)cc12. The third-order valence-corrected chi connectivity index (χ3v) is 7.06. The second kappa shape index (κ2) is 11.2. The molecule has 1 fully saturated rings. The van der Waals surface area contributed by atoms with Gasteiger partial charge in [0, 0.05) is 70.1 Å². The number of nitrogens with one attached hydrogen (secondary N) is 2. The second-order valence-electron chi connectivity index (χ2n) is 10.6. The lowest BCUT2D eigenvalue weighted by molar-refractivity contribution is -0.133. The minimum absolute atomic E-state index is 0.0244. The molecule has 11 heteroatoms. The van der Waals surface area contributed by atoms with Gasteiger partial charge in [0.05, 0.1) is 23.9 Å². The summed E-state index contributed by atoms with van der Waals surface area (Å²) in [4.78, 5) is 37.8. The zero-order valence-corrected chi connectivity index (χ0v) is 23.6. The maximum atomic E-state index is 12.6. The summed E-state index contributed by atoms with van der Waals surface area (Å²) < 4.78 is 6.96.